The largest absolute Gasteiger partial charge is 0.495 e. The number of nitrogens with one attached hydrogen (secondary N) is 3. The highest BCUT2D eigenvalue weighted by molar-refractivity contribution is 6.38. The van der Waals surface area contributed by atoms with Crippen LogP contribution >= 0.6 is 11.6 Å². The maximum absolute atomic E-state index is 14.6. The third kappa shape index (κ3) is 8.93. The van der Waals surface area contributed by atoms with Crippen LogP contribution in [0.25, 0.3) is 0 Å². The van der Waals surface area contributed by atoms with Crippen LogP contribution in [-0.2, 0) is 28.8 Å². The summed E-state index contributed by atoms with van der Waals surface area (Å²) in [6.07, 6.45) is 6.84. The van der Waals surface area contributed by atoms with Crippen molar-refractivity contribution >= 4 is 46.7 Å². The van der Waals surface area contributed by atoms with Gasteiger partial charge < -0.3 is 30.4 Å². The minimum atomic E-state index is -1.07. The molecule has 0 bridgehead atoms. The molecule has 0 aromatic heterocycles. The fourth-order valence-corrected chi connectivity index (χ4v) is 7.43. The van der Waals surface area contributed by atoms with Crippen molar-refractivity contribution in [2.75, 3.05) is 20.7 Å². The number of Topliss-reactive ketones (excluding diaryl/α,β-unsaturated/α-hetero) is 1. The Kier molecular flexibility index (Phi) is 12.4. The third-order valence-corrected chi connectivity index (χ3v) is 10.2. The Morgan fingerprint density at radius 2 is 1.82 bits per heavy atom. The van der Waals surface area contributed by atoms with Crippen molar-refractivity contribution in [3.8, 4) is 5.75 Å². The van der Waals surface area contributed by atoms with E-state index in [1.807, 2.05) is 40.7 Å². The van der Waals surface area contributed by atoms with Crippen molar-refractivity contribution in [2.24, 2.45) is 16.5 Å². The van der Waals surface area contributed by atoms with Crippen molar-refractivity contribution in [1.29, 1.82) is 0 Å². The van der Waals surface area contributed by atoms with Gasteiger partial charge in [0, 0.05) is 31.9 Å². The number of amides is 4. The molecule has 4 amide bonds. The van der Waals surface area contributed by atoms with Crippen LogP contribution in [-0.4, -0.2) is 84.5 Å². The number of oxime groups is 1. The smallest absolute Gasteiger partial charge is 0.289 e. The molecule has 2 fully saturated rings. The Bertz CT molecular complexity index is 1470. The first-order chi connectivity index (χ1) is 23.1. The van der Waals surface area contributed by atoms with Crippen molar-refractivity contribution in [3.63, 3.8) is 0 Å². The molecule has 0 radical (unpaired) electrons. The highest BCUT2D eigenvalue weighted by atomic mass is 35.5. The number of ketones is 1. The molecule has 13 heteroatoms. The Labute approximate surface area is 294 Å². The molecule has 1 spiro atoms. The van der Waals surface area contributed by atoms with Gasteiger partial charge in [-0.05, 0) is 55.2 Å². The Hall–Kier alpha value is -3.67. The molecule has 12 nitrogen and oxygen atoms in total. The maximum atomic E-state index is 14.6. The standard InChI is InChI=1S/C36H52ClN5O7/c1-8-12-25(30(44)33(46)38-6)39-32(45)27-19-36(18-26(41-49-36)23-17-24(37)28(48-7)15-21(23)2)20-42(27)34(47)31(35(3,4)5)40-29(43)16-22-13-10-9-11-14-22/h15,17,22,25,27,31H,8-14,16,18-20H2,1-7H3,(H,38,46)(H,39,45)(H,40,43)/t25-,27-,31+,36+/m0/s1. The van der Waals surface area contributed by atoms with Crippen LogP contribution in [0.3, 0.4) is 0 Å². The van der Waals surface area contributed by atoms with Gasteiger partial charge in [0.05, 0.1) is 30.4 Å². The van der Waals surface area contributed by atoms with E-state index < -0.39 is 52.6 Å². The van der Waals surface area contributed by atoms with Crippen LogP contribution < -0.4 is 20.7 Å². The normalized spacial score (nSPS) is 22.2. The first kappa shape index (κ1) is 38.1. The summed E-state index contributed by atoms with van der Waals surface area (Å²) in [5, 5.41) is 12.9. The summed E-state index contributed by atoms with van der Waals surface area (Å²) in [6.45, 7) is 9.40. The van der Waals surface area contributed by atoms with Gasteiger partial charge in [-0.2, -0.15) is 0 Å². The van der Waals surface area contributed by atoms with E-state index in [2.05, 4.69) is 21.1 Å². The summed E-state index contributed by atoms with van der Waals surface area (Å²) in [4.78, 5) is 74.7. The number of likely N-dealkylation sites (N-methyl/N-ethyl adjacent to an activating group) is 1. The molecule has 270 valence electrons. The number of rotatable bonds is 12. The first-order valence-electron chi connectivity index (χ1n) is 17.4. The molecule has 4 rings (SSSR count). The second-order valence-corrected chi connectivity index (χ2v) is 15.3. The average molecular weight is 702 g/mol. The molecule has 1 aromatic rings. The van der Waals surface area contributed by atoms with Crippen LogP contribution in [0.5, 0.6) is 5.75 Å². The number of benzene rings is 1. The predicted octanol–water partition coefficient (Wildman–Crippen LogP) is 4.22. The maximum Gasteiger partial charge on any atom is 0.289 e. The van der Waals surface area contributed by atoms with E-state index >= 15 is 0 Å². The van der Waals surface area contributed by atoms with E-state index in [1.165, 1.54) is 25.5 Å². The SMILES string of the molecule is CCC[C@H](NC(=O)[C@@H]1C[C@]2(CC(c3cc(Cl)c(OC)cc3C)=NO2)CN1C(=O)[C@@H](NC(=O)CC1CCCCC1)C(C)(C)C)C(=O)C(=O)NC. The van der Waals surface area contributed by atoms with Gasteiger partial charge in [0.25, 0.3) is 5.91 Å². The molecule has 1 aliphatic carbocycles. The lowest BCUT2D eigenvalue weighted by Crippen LogP contribution is -2.59. The number of likely N-dealkylation sites (tertiary alicyclic amines) is 1. The van der Waals surface area contributed by atoms with Gasteiger partial charge in [0.15, 0.2) is 5.60 Å². The minimum absolute atomic E-state index is 0.0206. The molecular weight excluding hydrogens is 650 g/mol. The second-order valence-electron chi connectivity index (χ2n) is 14.8. The fraction of sp³-hybridized carbons (Fsp3) is 0.667. The molecule has 1 saturated heterocycles. The van der Waals surface area contributed by atoms with E-state index in [-0.39, 0.29) is 37.6 Å². The number of halogens is 1. The van der Waals surface area contributed by atoms with E-state index in [4.69, 9.17) is 21.2 Å². The number of nitrogens with zero attached hydrogens (tertiary/aromatic N) is 2. The zero-order valence-corrected chi connectivity index (χ0v) is 30.6. The number of carbonyl (C=O) groups is 5. The van der Waals surface area contributed by atoms with Gasteiger partial charge in [-0.3, -0.25) is 24.0 Å². The van der Waals surface area contributed by atoms with Gasteiger partial charge in [0.2, 0.25) is 23.5 Å². The van der Waals surface area contributed by atoms with Crippen LogP contribution in [0.15, 0.2) is 17.3 Å². The van der Waals surface area contributed by atoms with Gasteiger partial charge in [-0.1, -0.05) is 70.1 Å². The molecule has 1 aromatic carbocycles. The molecule has 49 heavy (non-hydrogen) atoms. The molecule has 3 N–H and O–H groups in total. The number of hydrogen-bond acceptors (Lipinski definition) is 8. The fourth-order valence-electron chi connectivity index (χ4n) is 7.19. The molecule has 1 saturated carbocycles. The topological polar surface area (TPSA) is 156 Å². The Morgan fingerprint density at radius 3 is 2.43 bits per heavy atom. The summed E-state index contributed by atoms with van der Waals surface area (Å²) in [7, 11) is 2.89. The molecule has 0 unspecified atom stereocenters. The monoisotopic (exact) mass is 701 g/mol. The number of hydrogen-bond donors (Lipinski definition) is 3. The molecule has 2 heterocycles. The Balaban J connectivity index is 1.63. The highest BCUT2D eigenvalue weighted by Crippen LogP contribution is 2.41. The lowest BCUT2D eigenvalue weighted by Gasteiger charge is -2.36. The quantitative estimate of drug-likeness (QED) is 0.276. The molecular formula is C36H52ClN5O7. The lowest BCUT2D eigenvalue weighted by atomic mass is 9.84. The van der Waals surface area contributed by atoms with E-state index in [0.29, 0.717) is 29.3 Å². The van der Waals surface area contributed by atoms with Gasteiger partial charge >= 0.3 is 0 Å². The summed E-state index contributed by atoms with van der Waals surface area (Å²) in [6, 6.07) is 0.514. The number of carbonyl (C=O) groups excluding carboxylic acids is 5. The predicted molar refractivity (Wildman–Crippen MR) is 186 cm³/mol. The van der Waals surface area contributed by atoms with Crippen LogP contribution in [0.2, 0.25) is 5.02 Å². The Morgan fingerprint density at radius 1 is 1.12 bits per heavy atom. The van der Waals surface area contributed by atoms with Crippen molar-refractivity contribution in [1.82, 2.24) is 20.9 Å². The van der Waals surface area contributed by atoms with Gasteiger partial charge in [0.1, 0.15) is 17.8 Å². The van der Waals surface area contributed by atoms with Crippen LogP contribution in [0, 0.1) is 18.3 Å². The summed E-state index contributed by atoms with van der Waals surface area (Å²) in [5.41, 5.74) is 0.498. The van der Waals surface area contributed by atoms with Crippen molar-refractivity contribution in [3.05, 3.63) is 28.3 Å². The van der Waals surface area contributed by atoms with E-state index in [1.54, 1.807) is 6.07 Å². The first-order valence-corrected chi connectivity index (χ1v) is 17.8. The number of aryl methyl sites for hydroxylation is 1. The van der Waals surface area contributed by atoms with Gasteiger partial charge in [-0.15, -0.1) is 0 Å². The summed E-state index contributed by atoms with van der Waals surface area (Å²) >= 11 is 6.46. The highest BCUT2D eigenvalue weighted by Gasteiger charge is 2.55. The van der Waals surface area contributed by atoms with E-state index in [0.717, 1.165) is 36.8 Å². The van der Waals surface area contributed by atoms with Crippen LogP contribution in [0.4, 0.5) is 0 Å². The zero-order valence-electron chi connectivity index (χ0n) is 29.9. The van der Waals surface area contributed by atoms with E-state index in [9.17, 15) is 24.0 Å². The van der Waals surface area contributed by atoms with Crippen molar-refractivity contribution in [2.45, 2.75) is 123 Å². The minimum Gasteiger partial charge on any atom is -0.495 e. The lowest BCUT2D eigenvalue weighted by molar-refractivity contribution is -0.145. The molecule has 3 aliphatic rings. The third-order valence-electron chi connectivity index (χ3n) is 9.91. The zero-order chi connectivity index (χ0) is 36.1. The average Bonchev–Trinajstić information content (AvgIpc) is 3.66. The number of methoxy groups -OCH3 is 1. The molecule has 4 atom stereocenters. The van der Waals surface area contributed by atoms with Crippen LogP contribution in [0.1, 0.15) is 103 Å². The summed E-state index contributed by atoms with van der Waals surface area (Å²) in [5.74, 6) is -1.96. The van der Waals surface area contributed by atoms with Crippen molar-refractivity contribution < 1.29 is 33.5 Å². The number of ether oxygens (including phenoxy) is 1. The summed E-state index contributed by atoms with van der Waals surface area (Å²) < 4.78 is 5.35. The van der Waals surface area contributed by atoms with Gasteiger partial charge in [-0.25, -0.2) is 0 Å². The molecule has 2 aliphatic heterocycles. The second kappa shape index (κ2) is 15.9.